The Kier molecular flexibility index (Phi) is 15.7. The quantitative estimate of drug-likeness (QED) is 0.215. The number of benzene rings is 1. The van der Waals surface area contributed by atoms with E-state index in [9.17, 15) is 0 Å². The molecule has 0 aliphatic carbocycles. The first-order valence-electron chi connectivity index (χ1n) is 8.47. The van der Waals surface area contributed by atoms with E-state index in [0.29, 0.717) is 26.4 Å². The van der Waals surface area contributed by atoms with Crippen molar-refractivity contribution in [2.45, 2.75) is 19.8 Å². The van der Waals surface area contributed by atoms with Gasteiger partial charge in [0.25, 0.3) is 0 Å². The topological polar surface area (TPSA) is 64.1 Å². The summed E-state index contributed by atoms with van der Waals surface area (Å²) >= 11 is 0. The lowest BCUT2D eigenvalue weighted by Crippen LogP contribution is -2.39. The van der Waals surface area contributed by atoms with Gasteiger partial charge in [-0.25, -0.2) is 0 Å². The maximum absolute atomic E-state index is 5.67. The van der Waals surface area contributed by atoms with Gasteiger partial charge in [-0.1, -0.05) is 17.7 Å². The maximum Gasteiger partial charge on any atom is 0.191 e. The van der Waals surface area contributed by atoms with Crippen LogP contribution in [0.15, 0.2) is 29.3 Å². The molecule has 0 radical (unpaired) electrons. The average Bonchev–Trinajstić information content (AvgIpc) is 2.60. The second-order valence-electron chi connectivity index (χ2n) is 5.40. The Hall–Kier alpha value is -1.06. The minimum atomic E-state index is 0. The van der Waals surface area contributed by atoms with Crippen molar-refractivity contribution in [3.8, 4) is 5.75 Å². The number of nitrogens with zero attached hydrogens (tertiary/aromatic N) is 1. The van der Waals surface area contributed by atoms with Crippen LogP contribution in [0.2, 0.25) is 0 Å². The van der Waals surface area contributed by atoms with E-state index in [0.717, 1.165) is 37.7 Å². The molecular formula is C18H32IN3O3. The van der Waals surface area contributed by atoms with Crippen molar-refractivity contribution in [1.82, 2.24) is 10.6 Å². The van der Waals surface area contributed by atoms with Gasteiger partial charge in [-0.05, 0) is 31.9 Å². The summed E-state index contributed by atoms with van der Waals surface area (Å²) in [6.45, 7) is 6.30. The molecule has 0 saturated carbocycles. The molecule has 0 aliphatic rings. The Morgan fingerprint density at radius 2 is 1.68 bits per heavy atom. The van der Waals surface area contributed by atoms with Crippen molar-refractivity contribution in [3.63, 3.8) is 0 Å². The summed E-state index contributed by atoms with van der Waals surface area (Å²) in [6, 6.07) is 8.05. The molecule has 144 valence electrons. The molecule has 2 N–H and O–H groups in total. The van der Waals surface area contributed by atoms with Gasteiger partial charge in [-0.3, -0.25) is 4.99 Å². The number of guanidine groups is 1. The summed E-state index contributed by atoms with van der Waals surface area (Å²) in [7, 11) is 3.45. The van der Waals surface area contributed by atoms with Gasteiger partial charge in [-0.15, -0.1) is 24.0 Å². The summed E-state index contributed by atoms with van der Waals surface area (Å²) < 4.78 is 16.0. The molecule has 0 aliphatic heterocycles. The van der Waals surface area contributed by atoms with Gasteiger partial charge < -0.3 is 24.8 Å². The standard InChI is InChI=1S/C18H31N3O3.HI/c1-16-6-8-17(9-7-16)24-13-11-21-18(19-2)20-10-4-5-12-23-15-14-22-3;/h6-9H,4-5,10-15H2,1-3H3,(H2,19,20,21);1H. The molecular weight excluding hydrogens is 433 g/mol. The van der Waals surface area contributed by atoms with Crippen molar-refractivity contribution < 1.29 is 14.2 Å². The molecule has 25 heavy (non-hydrogen) atoms. The third-order valence-corrected chi connectivity index (χ3v) is 3.35. The highest BCUT2D eigenvalue weighted by molar-refractivity contribution is 14.0. The largest absolute Gasteiger partial charge is 0.492 e. The molecule has 7 heteroatoms. The number of methoxy groups -OCH3 is 1. The number of rotatable bonds is 12. The van der Waals surface area contributed by atoms with E-state index in [1.54, 1.807) is 14.2 Å². The molecule has 0 spiro atoms. The predicted octanol–water partition coefficient (Wildman–Crippen LogP) is 2.60. The van der Waals surface area contributed by atoms with Gasteiger partial charge in [0, 0.05) is 27.3 Å². The molecule has 0 amide bonds. The van der Waals surface area contributed by atoms with Crippen LogP contribution in [0, 0.1) is 6.92 Å². The maximum atomic E-state index is 5.67. The minimum absolute atomic E-state index is 0. The summed E-state index contributed by atoms with van der Waals surface area (Å²) in [5.41, 5.74) is 1.23. The van der Waals surface area contributed by atoms with Gasteiger partial charge in [0.2, 0.25) is 0 Å². The lowest BCUT2D eigenvalue weighted by atomic mass is 10.2. The van der Waals surface area contributed by atoms with Gasteiger partial charge in [0.1, 0.15) is 12.4 Å². The second-order valence-corrected chi connectivity index (χ2v) is 5.40. The zero-order chi connectivity index (χ0) is 17.5. The number of halogens is 1. The summed E-state index contributed by atoms with van der Waals surface area (Å²) in [5, 5.41) is 6.52. The summed E-state index contributed by atoms with van der Waals surface area (Å²) in [4.78, 5) is 4.19. The van der Waals surface area contributed by atoms with Crippen LogP contribution in [-0.2, 0) is 9.47 Å². The van der Waals surface area contributed by atoms with Crippen LogP contribution in [0.4, 0.5) is 0 Å². The molecule has 0 heterocycles. The average molecular weight is 465 g/mol. The number of unbranched alkanes of at least 4 members (excludes halogenated alkanes) is 1. The van der Waals surface area contributed by atoms with E-state index < -0.39 is 0 Å². The van der Waals surface area contributed by atoms with Crippen LogP contribution in [0.25, 0.3) is 0 Å². The van der Waals surface area contributed by atoms with E-state index >= 15 is 0 Å². The number of aryl methyl sites for hydroxylation is 1. The molecule has 0 aromatic heterocycles. The number of ether oxygens (including phenoxy) is 3. The van der Waals surface area contributed by atoms with E-state index in [-0.39, 0.29) is 24.0 Å². The number of nitrogens with one attached hydrogen (secondary N) is 2. The molecule has 0 unspecified atom stereocenters. The molecule has 0 saturated heterocycles. The van der Waals surface area contributed by atoms with Crippen LogP contribution in [0.5, 0.6) is 5.75 Å². The van der Waals surface area contributed by atoms with E-state index in [1.165, 1.54) is 5.56 Å². The highest BCUT2D eigenvalue weighted by atomic mass is 127. The Bertz CT molecular complexity index is 455. The van der Waals surface area contributed by atoms with Crippen LogP contribution >= 0.6 is 24.0 Å². The van der Waals surface area contributed by atoms with Crippen LogP contribution < -0.4 is 15.4 Å². The van der Waals surface area contributed by atoms with Crippen molar-refractivity contribution in [3.05, 3.63) is 29.8 Å². The van der Waals surface area contributed by atoms with Gasteiger partial charge in [0.15, 0.2) is 5.96 Å². The van der Waals surface area contributed by atoms with Crippen LogP contribution in [-0.4, -0.2) is 59.6 Å². The van der Waals surface area contributed by atoms with E-state index in [4.69, 9.17) is 14.2 Å². The third-order valence-electron chi connectivity index (χ3n) is 3.35. The molecule has 1 aromatic rings. The van der Waals surface area contributed by atoms with Gasteiger partial charge in [0.05, 0.1) is 19.8 Å². The molecule has 1 aromatic carbocycles. The molecule has 0 bridgehead atoms. The predicted molar refractivity (Wildman–Crippen MR) is 113 cm³/mol. The van der Waals surface area contributed by atoms with E-state index in [2.05, 4.69) is 22.5 Å². The minimum Gasteiger partial charge on any atom is -0.492 e. The highest BCUT2D eigenvalue weighted by Crippen LogP contribution is 2.10. The Balaban J connectivity index is 0.00000576. The Labute approximate surface area is 168 Å². The Morgan fingerprint density at radius 3 is 2.36 bits per heavy atom. The lowest BCUT2D eigenvalue weighted by molar-refractivity contribution is 0.0689. The highest BCUT2D eigenvalue weighted by Gasteiger charge is 1.98. The number of aliphatic imine (C=N–C) groups is 1. The third kappa shape index (κ3) is 12.9. The van der Waals surface area contributed by atoms with Gasteiger partial charge >= 0.3 is 0 Å². The zero-order valence-electron chi connectivity index (χ0n) is 15.5. The normalized spacial score (nSPS) is 10.9. The fourth-order valence-corrected chi connectivity index (χ4v) is 1.97. The molecule has 0 atom stereocenters. The number of hydrogen-bond donors (Lipinski definition) is 2. The SMILES string of the molecule is CN=C(NCCCCOCCOC)NCCOc1ccc(C)cc1.I. The smallest absolute Gasteiger partial charge is 0.191 e. The number of hydrogen-bond acceptors (Lipinski definition) is 4. The Morgan fingerprint density at radius 1 is 0.960 bits per heavy atom. The fraction of sp³-hybridized carbons (Fsp3) is 0.611. The lowest BCUT2D eigenvalue weighted by Gasteiger charge is -2.12. The van der Waals surface area contributed by atoms with Crippen molar-refractivity contribution in [2.24, 2.45) is 4.99 Å². The fourth-order valence-electron chi connectivity index (χ4n) is 1.97. The molecule has 0 fully saturated rings. The van der Waals surface area contributed by atoms with Crippen molar-refractivity contribution >= 4 is 29.9 Å². The zero-order valence-corrected chi connectivity index (χ0v) is 17.9. The van der Waals surface area contributed by atoms with Crippen LogP contribution in [0.3, 0.4) is 0 Å². The first-order chi connectivity index (χ1) is 11.8. The molecule has 6 nitrogen and oxygen atoms in total. The first kappa shape index (κ1) is 23.9. The second kappa shape index (κ2) is 16.4. The van der Waals surface area contributed by atoms with Crippen LogP contribution in [0.1, 0.15) is 18.4 Å². The van der Waals surface area contributed by atoms with Crippen molar-refractivity contribution in [1.29, 1.82) is 0 Å². The summed E-state index contributed by atoms with van der Waals surface area (Å²) in [5.74, 6) is 1.68. The molecule has 1 rings (SSSR count). The van der Waals surface area contributed by atoms with E-state index in [1.807, 2.05) is 24.3 Å². The first-order valence-corrected chi connectivity index (χ1v) is 8.47. The monoisotopic (exact) mass is 465 g/mol. The van der Waals surface area contributed by atoms with Gasteiger partial charge in [-0.2, -0.15) is 0 Å². The van der Waals surface area contributed by atoms with Crippen molar-refractivity contribution in [2.75, 3.05) is 53.7 Å². The summed E-state index contributed by atoms with van der Waals surface area (Å²) in [6.07, 6.45) is 2.05.